The molecule has 4 rings (SSSR count). The molecule has 8 heteroatoms. The minimum atomic E-state index is -3.74. The van der Waals surface area contributed by atoms with Gasteiger partial charge in [-0.05, 0) is 79.1 Å². The van der Waals surface area contributed by atoms with E-state index in [1.54, 1.807) is 30.3 Å². The van der Waals surface area contributed by atoms with Crippen LogP contribution in [0.15, 0.2) is 71.6 Å². The van der Waals surface area contributed by atoms with E-state index in [1.165, 1.54) is 12.1 Å². The number of carbonyl (C=O) groups is 1. The predicted molar refractivity (Wildman–Crippen MR) is 134 cm³/mol. The van der Waals surface area contributed by atoms with E-state index in [0.29, 0.717) is 16.9 Å². The molecule has 1 amide bonds. The average molecular weight is 480 g/mol. The molecule has 34 heavy (non-hydrogen) atoms. The SMILES string of the molecule is Cc1ccc(NS(=O)(=O)c2ccc(NC(=O)c3cccc(CN4CCOCC4)c3)cc2)cc1C. The van der Waals surface area contributed by atoms with Crippen molar-refractivity contribution in [1.29, 1.82) is 0 Å². The molecule has 0 unspecified atom stereocenters. The van der Waals surface area contributed by atoms with E-state index in [-0.39, 0.29) is 10.8 Å². The summed E-state index contributed by atoms with van der Waals surface area (Å²) in [6.07, 6.45) is 0. The highest BCUT2D eigenvalue weighted by atomic mass is 32.2. The molecule has 1 aliphatic heterocycles. The van der Waals surface area contributed by atoms with Gasteiger partial charge in [0.15, 0.2) is 0 Å². The van der Waals surface area contributed by atoms with Crippen molar-refractivity contribution in [2.45, 2.75) is 25.3 Å². The zero-order chi connectivity index (χ0) is 24.1. The lowest BCUT2D eigenvalue weighted by Crippen LogP contribution is -2.35. The number of nitrogens with zero attached hydrogens (tertiary/aromatic N) is 1. The minimum Gasteiger partial charge on any atom is -0.379 e. The second-order valence-corrected chi connectivity index (χ2v) is 10.2. The van der Waals surface area contributed by atoms with E-state index in [1.807, 2.05) is 38.1 Å². The topological polar surface area (TPSA) is 87.7 Å². The number of rotatable bonds is 7. The van der Waals surface area contributed by atoms with Gasteiger partial charge in [0.25, 0.3) is 15.9 Å². The normalized spacial score (nSPS) is 14.5. The van der Waals surface area contributed by atoms with Gasteiger partial charge in [-0.2, -0.15) is 0 Å². The molecular formula is C26H29N3O4S. The van der Waals surface area contributed by atoms with Crippen LogP contribution in [0.3, 0.4) is 0 Å². The van der Waals surface area contributed by atoms with Crippen LogP contribution in [0.2, 0.25) is 0 Å². The van der Waals surface area contributed by atoms with E-state index < -0.39 is 10.0 Å². The molecule has 3 aromatic carbocycles. The summed E-state index contributed by atoms with van der Waals surface area (Å²) in [5.74, 6) is -0.243. The van der Waals surface area contributed by atoms with Crippen LogP contribution in [0.5, 0.6) is 0 Å². The molecule has 0 spiro atoms. The standard InChI is InChI=1S/C26H29N3O4S/c1-19-6-7-24(16-20(19)2)28-34(31,32)25-10-8-23(9-11-25)27-26(30)22-5-3-4-21(17-22)18-29-12-14-33-15-13-29/h3-11,16-17,28H,12-15,18H2,1-2H3,(H,27,30). The second kappa shape index (κ2) is 10.4. The molecule has 3 aromatic rings. The molecule has 1 fully saturated rings. The summed E-state index contributed by atoms with van der Waals surface area (Å²) in [7, 11) is -3.74. The van der Waals surface area contributed by atoms with Gasteiger partial charge in [0.2, 0.25) is 0 Å². The van der Waals surface area contributed by atoms with E-state index in [9.17, 15) is 13.2 Å². The highest BCUT2D eigenvalue weighted by Crippen LogP contribution is 2.21. The van der Waals surface area contributed by atoms with Crippen LogP contribution in [-0.2, 0) is 21.3 Å². The first kappa shape index (κ1) is 23.9. The smallest absolute Gasteiger partial charge is 0.261 e. The van der Waals surface area contributed by atoms with Crippen molar-refractivity contribution >= 4 is 27.3 Å². The van der Waals surface area contributed by atoms with Crippen LogP contribution in [0.25, 0.3) is 0 Å². The molecule has 0 atom stereocenters. The predicted octanol–water partition coefficient (Wildman–Crippen LogP) is 4.19. The van der Waals surface area contributed by atoms with Crippen molar-refractivity contribution in [3.8, 4) is 0 Å². The quantitative estimate of drug-likeness (QED) is 0.531. The Hall–Kier alpha value is -3.20. The van der Waals surface area contributed by atoms with Crippen LogP contribution in [0, 0.1) is 13.8 Å². The highest BCUT2D eigenvalue weighted by molar-refractivity contribution is 7.92. The molecular weight excluding hydrogens is 450 g/mol. The minimum absolute atomic E-state index is 0.122. The summed E-state index contributed by atoms with van der Waals surface area (Å²) in [5.41, 5.74) is 4.75. The van der Waals surface area contributed by atoms with Crippen molar-refractivity contribution < 1.29 is 17.9 Å². The molecule has 0 aliphatic carbocycles. The van der Waals surface area contributed by atoms with Gasteiger partial charge in [0.1, 0.15) is 0 Å². The Morgan fingerprint density at radius 1 is 0.912 bits per heavy atom. The molecule has 0 saturated carbocycles. The van der Waals surface area contributed by atoms with Crippen molar-refractivity contribution in [3.63, 3.8) is 0 Å². The third-order valence-corrected chi connectivity index (χ3v) is 7.28. The molecule has 0 radical (unpaired) electrons. The number of aryl methyl sites for hydroxylation is 2. The molecule has 1 aliphatic rings. The van der Waals surface area contributed by atoms with Gasteiger partial charge in [0, 0.05) is 36.6 Å². The number of benzene rings is 3. The summed E-state index contributed by atoms with van der Waals surface area (Å²) in [4.78, 5) is 15.2. The maximum absolute atomic E-state index is 12.8. The number of ether oxygens (including phenoxy) is 1. The van der Waals surface area contributed by atoms with Gasteiger partial charge in [-0.1, -0.05) is 18.2 Å². The number of hydrogen-bond acceptors (Lipinski definition) is 5. The summed E-state index contributed by atoms with van der Waals surface area (Å²) >= 11 is 0. The largest absolute Gasteiger partial charge is 0.379 e. The van der Waals surface area contributed by atoms with Crippen LogP contribution in [0.1, 0.15) is 27.0 Å². The summed E-state index contributed by atoms with van der Waals surface area (Å²) in [6.45, 7) is 7.89. The van der Waals surface area contributed by atoms with Gasteiger partial charge >= 0.3 is 0 Å². The molecule has 0 aromatic heterocycles. The first-order chi connectivity index (χ1) is 16.3. The van der Waals surface area contributed by atoms with Crippen molar-refractivity contribution in [1.82, 2.24) is 4.90 Å². The molecule has 178 valence electrons. The zero-order valence-electron chi connectivity index (χ0n) is 19.4. The molecule has 1 saturated heterocycles. The summed E-state index contributed by atoms with van der Waals surface area (Å²) < 4.78 is 33.5. The first-order valence-corrected chi connectivity index (χ1v) is 12.7. The van der Waals surface area contributed by atoms with Crippen LogP contribution >= 0.6 is 0 Å². The number of amides is 1. The Morgan fingerprint density at radius 2 is 1.62 bits per heavy atom. The third-order valence-electron chi connectivity index (χ3n) is 5.88. The number of morpholine rings is 1. The maximum Gasteiger partial charge on any atom is 0.261 e. The molecule has 1 heterocycles. The highest BCUT2D eigenvalue weighted by Gasteiger charge is 2.16. The maximum atomic E-state index is 12.8. The van der Waals surface area contributed by atoms with E-state index in [2.05, 4.69) is 14.9 Å². The monoisotopic (exact) mass is 479 g/mol. The zero-order valence-corrected chi connectivity index (χ0v) is 20.2. The van der Waals surface area contributed by atoms with Crippen LogP contribution < -0.4 is 10.0 Å². The number of sulfonamides is 1. The Balaban J connectivity index is 1.40. The van der Waals surface area contributed by atoms with E-state index in [0.717, 1.165) is 49.5 Å². The lowest BCUT2D eigenvalue weighted by molar-refractivity contribution is 0.0342. The van der Waals surface area contributed by atoms with Crippen molar-refractivity contribution in [2.75, 3.05) is 36.3 Å². The summed E-state index contributed by atoms with van der Waals surface area (Å²) in [6, 6.07) is 19.1. The number of carbonyl (C=O) groups excluding carboxylic acids is 1. The fraction of sp³-hybridized carbons (Fsp3) is 0.269. The van der Waals surface area contributed by atoms with Crippen LogP contribution in [0.4, 0.5) is 11.4 Å². The molecule has 0 bridgehead atoms. The number of nitrogens with one attached hydrogen (secondary N) is 2. The van der Waals surface area contributed by atoms with Gasteiger partial charge in [-0.15, -0.1) is 0 Å². The average Bonchev–Trinajstić information content (AvgIpc) is 2.82. The van der Waals surface area contributed by atoms with Crippen molar-refractivity contribution in [3.05, 3.63) is 89.0 Å². The van der Waals surface area contributed by atoms with Crippen LogP contribution in [-0.4, -0.2) is 45.5 Å². The Morgan fingerprint density at radius 3 is 2.32 bits per heavy atom. The van der Waals surface area contributed by atoms with E-state index >= 15 is 0 Å². The Labute approximate surface area is 200 Å². The van der Waals surface area contributed by atoms with Gasteiger partial charge in [0.05, 0.1) is 18.1 Å². The molecule has 7 nitrogen and oxygen atoms in total. The fourth-order valence-electron chi connectivity index (χ4n) is 3.77. The number of hydrogen-bond donors (Lipinski definition) is 2. The summed E-state index contributed by atoms with van der Waals surface area (Å²) in [5, 5.41) is 2.84. The third kappa shape index (κ3) is 6.02. The number of anilines is 2. The fourth-order valence-corrected chi connectivity index (χ4v) is 4.82. The lowest BCUT2D eigenvalue weighted by Gasteiger charge is -2.26. The Bertz CT molecular complexity index is 1270. The van der Waals surface area contributed by atoms with E-state index in [4.69, 9.17) is 4.74 Å². The lowest BCUT2D eigenvalue weighted by atomic mass is 10.1. The van der Waals surface area contributed by atoms with Gasteiger partial charge in [-0.25, -0.2) is 8.42 Å². The van der Waals surface area contributed by atoms with Gasteiger partial charge < -0.3 is 10.1 Å². The first-order valence-electron chi connectivity index (χ1n) is 11.2. The second-order valence-electron chi connectivity index (χ2n) is 8.47. The molecule has 2 N–H and O–H groups in total. The van der Waals surface area contributed by atoms with Gasteiger partial charge in [-0.3, -0.25) is 14.4 Å². The Kier molecular flexibility index (Phi) is 7.31. The van der Waals surface area contributed by atoms with Crippen molar-refractivity contribution in [2.24, 2.45) is 0 Å².